The van der Waals surface area contributed by atoms with E-state index in [9.17, 15) is 9.59 Å². The highest BCUT2D eigenvalue weighted by Gasteiger charge is 2.18. The summed E-state index contributed by atoms with van der Waals surface area (Å²) < 4.78 is 7.76. The van der Waals surface area contributed by atoms with Crippen LogP contribution in [0, 0.1) is 11.3 Å². The maximum atomic E-state index is 12.6. The van der Waals surface area contributed by atoms with Gasteiger partial charge in [-0.25, -0.2) is 14.8 Å². The third-order valence-electron chi connectivity index (χ3n) is 3.96. The zero-order valence-electron chi connectivity index (χ0n) is 15.1. The molecule has 0 aliphatic heterocycles. The number of hydrogen-bond acceptors (Lipinski definition) is 7. The molecule has 0 atom stereocenters. The van der Waals surface area contributed by atoms with Gasteiger partial charge in [-0.2, -0.15) is 5.26 Å². The molecule has 9 heteroatoms. The maximum Gasteiger partial charge on any atom is 0.332 e. The summed E-state index contributed by atoms with van der Waals surface area (Å²) in [5.41, 5.74) is 0.00146. The van der Waals surface area contributed by atoms with E-state index in [1.54, 1.807) is 19.2 Å². The van der Waals surface area contributed by atoms with Gasteiger partial charge in [-0.15, -0.1) is 0 Å². The lowest BCUT2D eigenvalue weighted by molar-refractivity contribution is 0.340. The molecule has 2 heterocycles. The van der Waals surface area contributed by atoms with Gasteiger partial charge in [0, 0.05) is 19.7 Å². The fraction of sp³-hybridized carbons (Fsp3) is 0.278. The van der Waals surface area contributed by atoms with Gasteiger partial charge in [0.25, 0.3) is 5.56 Å². The molecule has 0 N–H and O–H groups in total. The molecule has 0 spiro atoms. The first-order valence-electron chi connectivity index (χ1n) is 8.18. The molecule has 0 aliphatic carbocycles. The summed E-state index contributed by atoms with van der Waals surface area (Å²) in [6.45, 7) is 2.46. The summed E-state index contributed by atoms with van der Waals surface area (Å²) in [6.07, 6.45) is 0. The number of aromatic nitrogens is 4. The number of benzene rings is 1. The molecule has 27 heavy (non-hydrogen) atoms. The van der Waals surface area contributed by atoms with Crippen LogP contribution in [0.3, 0.4) is 0 Å². The third kappa shape index (κ3) is 3.44. The van der Waals surface area contributed by atoms with E-state index in [1.807, 2.05) is 25.1 Å². The number of hydrogen-bond donors (Lipinski definition) is 0. The number of nitrogens with zero attached hydrogens (tertiary/aromatic N) is 5. The molecule has 0 saturated heterocycles. The van der Waals surface area contributed by atoms with E-state index in [4.69, 9.17) is 10.00 Å². The highest BCUT2D eigenvalue weighted by molar-refractivity contribution is 7.99. The molecule has 0 amide bonds. The van der Waals surface area contributed by atoms with Crippen LogP contribution in [0.1, 0.15) is 6.92 Å². The van der Waals surface area contributed by atoms with Crippen molar-refractivity contribution in [1.82, 2.24) is 19.1 Å². The molecule has 3 aromatic rings. The molecule has 0 saturated carbocycles. The van der Waals surface area contributed by atoms with Crippen molar-refractivity contribution in [3.05, 3.63) is 45.1 Å². The predicted octanol–water partition coefficient (Wildman–Crippen LogP) is 1.71. The van der Waals surface area contributed by atoms with E-state index in [0.717, 1.165) is 22.1 Å². The smallest absolute Gasteiger partial charge is 0.332 e. The topological polar surface area (TPSA) is 103 Å². The summed E-state index contributed by atoms with van der Waals surface area (Å²) in [4.78, 5) is 33.8. The summed E-state index contributed by atoms with van der Waals surface area (Å²) in [5.74, 6) is 1.22. The Balaban J connectivity index is 2.27. The number of fused-ring (bicyclic) bond motifs is 1. The number of aryl methyl sites for hydroxylation is 1. The van der Waals surface area contributed by atoms with Crippen LogP contribution in [-0.2, 0) is 14.1 Å². The molecular formula is C18H17N5O3S. The molecule has 0 radical (unpaired) electrons. The zero-order chi connectivity index (χ0) is 19.6. The van der Waals surface area contributed by atoms with E-state index in [2.05, 4.69) is 9.97 Å². The van der Waals surface area contributed by atoms with E-state index in [0.29, 0.717) is 23.0 Å². The van der Waals surface area contributed by atoms with Crippen molar-refractivity contribution in [3.63, 3.8) is 0 Å². The van der Waals surface area contributed by atoms with Gasteiger partial charge in [-0.3, -0.25) is 13.9 Å². The average Bonchev–Trinajstić information content (AvgIpc) is 2.69. The Morgan fingerprint density at radius 2 is 1.85 bits per heavy atom. The Kier molecular flexibility index (Phi) is 5.28. The summed E-state index contributed by atoms with van der Waals surface area (Å²) in [5, 5.41) is 9.53. The van der Waals surface area contributed by atoms with Crippen LogP contribution in [0.4, 0.5) is 0 Å². The minimum atomic E-state index is -0.480. The molecule has 0 fully saturated rings. The van der Waals surface area contributed by atoms with Gasteiger partial charge < -0.3 is 4.74 Å². The average molecular weight is 383 g/mol. The minimum Gasteiger partial charge on any atom is -0.494 e. The minimum absolute atomic E-state index is 0.126. The molecule has 1 aromatic carbocycles. The van der Waals surface area contributed by atoms with Crippen molar-refractivity contribution in [3.8, 4) is 23.2 Å². The van der Waals surface area contributed by atoms with Gasteiger partial charge in [0.1, 0.15) is 16.2 Å². The fourth-order valence-electron chi connectivity index (χ4n) is 2.63. The van der Waals surface area contributed by atoms with Crippen LogP contribution >= 0.6 is 11.8 Å². The monoisotopic (exact) mass is 383 g/mol. The number of thioether (sulfide) groups is 1. The SMILES string of the molecule is CCOc1ccc(-c2nc(SCC#N)c3c(=O)n(C)c(=O)n(C)c3n2)cc1. The lowest BCUT2D eigenvalue weighted by Gasteiger charge is -2.11. The van der Waals surface area contributed by atoms with E-state index in [-0.39, 0.29) is 16.8 Å². The second-order valence-corrected chi connectivity index (χ2v) is 6.62. The first-order chi connectivity index (χ1) is 13.0. The number of nitriles is 1. The second kappa shape index (κ2) is 7.63. The largest absolute Gasteiger partial charge is 0.494 e. The van der Waals surface area contributed by atoms with Crippen molar-refractivity contribution >= 4 is 22.8 Å². The molecule has 2 aromatic heterocycles. The van der Waals surface area contributed by atoms with E-state index in [1.165, 1.54) is 11.6 Å². The third-order valence-corrected chi connectivity index (χ3v) is 4.81. The van der Waals surface area contributed by atoms with Crippen molar-refractivity contribution < 1.29 is 4.74 Å². The second-order valence-electron chi connectivity index (χ2n) is 5.66. The van der Waals surface area contributed by atoms with Crippen molar-refractivity contribution in [2.24, 2.45) is 14.1 Å². The van der Waals surface area contributed by atoms with Crippen molar-refractivity contribution in [2.75, 3.05) is 12.4 Å². The molecular weight excluding hydrogens is 366 g/mol. The standard InChI is InChI=1S/C18H17N5O3S/c1-4-26-12-7-5-11(6-8-12)14-20-15-13(16(21-14)27-10-9-19)17(24)23(3)18(25)22(15)2/h5-8H,4,10H2,1-3H3. The number of rotatable bonds is 5. The Bertz CT molecular complexity index is 1160. The quantitative estimate of drug-likeness (QED) is 0.488. The predicted molar refractivity (Wildman–Crippen MR) is 103 cm³/mol. The first kappa shape index (κ1) is 18.7. The van der Waals surface area contributed by atoms with E-state index >= 15 is 0 Å². The fourth-order valence-corrected chi connectivity index (χ4v) is 3.31. The van der Waals surface area contributed by atoms with Crippen LogP contribution in [0.5, 0.6) is 5.75 Å². The molecule has 0 unspecified atom stereocenters. The lowest BCUT2D eigenvalue weighted by atomic mass is 10.2. The van der Waals surface area contributed by atoms with Crippen LogP contribution in [-0.4, -0.2) is 31.5 Å². The van der Waals surface area contributed by atoms with Crippen LogP contribution in [0.15, 0.2) is 38.9 Å². The van der Waals surface area contributed by atoms with Crippen LogP contribution in [0.2, 0.25) is 0 Å². The maximum absolute atomic E-state index is 12.6. The van der Waals surface area contributed by atoms with Gasteiger partial charge in [0.05, 0.1) is 18.4 Å². The Hall–Kier alpha value is -3.12. The van der Waals surface area contributed by atoms with Gasteiger partial charge in [0.2, 0.25) is 0 Å². The Labute approximate surface area is 159 Å². The molecule has 8 nitrogen and oxygen atoms in total. The lowest BCUT2D eigenvalue weighted by Crippen LogP contribution is -2.37. The normalized spacial score (nSPS) is 10.7. The molecule has 0 aliphatic rings. The van der Waals surface area contributed by atoms with Gasteiger partial charge in [-0.1, -0.05) is 11.8 Å². The highest BCUT2D eigenvalue weighted by atomic mass is 32.2. The highest BCUT2D eigenvalue weighted by Crippen LogP contribution is 2.26. The van der Waals surface area contributed by atoms with Crippen LogP contribution in [0.25, 0.3) is 22.4 Å². The van der Waals surface area contributed by atoms with Gasteiger partial charge >= 0.3 is 5.69 Å². The van der Waals surface area contributed by atoms with Crippen molar-refractivity contribution in [1.29, 1.82) is 5.26 Å². The molecule has 138 valence electrons. The van der Waals surface area contributed by atoms with Gasteiger partial charge in [-0.05, 0) is 31.2 Å². The Morgan fingerprint density at radius 1 is 1.15 bits per heavy atom. The summed E-state index contributed by atoms with van der Waals surface area (Å²) in [6, 6.07) is 9.26. The summed E-state index contributed by atoms with van der Waals surface area (Å²) >= 11 is 1.14. The first-order valence-corrected chi connectivity index (χ1v) is 9.17. The summed E-state index contributed by atoms with van der Waals surface area (Å²) in [7, 11) is 2.96. The Morgan fingerprint density at radius 3 is 2.48 bits per heavy atom. The van der Waals surface area contributed by atoms with Gasteiger partial charge in [0.15, 0.2) is 11.5 Å². The number of ether oxygens (including phenoxy) is 1. The molecule has 3 rings (SSSR count). The van der Waals surface area contributed by atoms with Crippen LogP contribution < -0.4 is 16.0 Å². The van der Waals surface area contributed by atoms with Crippen molar-refractivity contribution in [2.45, 2.75) is 11.9 Å². The molecule has 0 bridgehead atoms. The zero-order valence-corrected chi connectivity index (χ0v) is 15.9. The van der Waals surface area contributed by atoms with E-state index < -0.39 is 11.2 Å².